The molecule has 0 spiro atoms. The highest BCUT2D eigenvalue weighted by Crippen LogP contribution is 2.11. The zero-order valence-corrected chi connectivity index (χ0v) is 10.2. The van der Waals surface area contributed by atoms with E-state index in [0.29, 0.717) is 18.5 Å². The number of hydrogen-bond donors (Lipinski definition) is 2. The molecular formula is C13H14FN3O2. The predicted octanol–water partition coefficient (Wildman–Crippen LogP) is 0.802. The van der Waals surface area contributed by atoms with Crippen LogP contribution in [0.2, 0.25) is 0 Å². The Morgan fingerprint density at radius 2 is 2.16 bits per heavy atom. The van der Waals surface area contributed by atoms with Gasteiger partial charge in [0, 0.05) is 6.54 Å². The molecule has 6 heteroatoms. The number of hydrazone groups is 1. The minimum Gasteiger partial charge on any atom is -0.355 e. The molecule has 2 rings (SSSR count). The SMILES string of the molecule is O=C1NCCC[C@@H]1C(=O)N/N=C\c1ccc(F)cc1. The first-order valence-electron chi connectivity index (χ1n) is 6.03. The molecule has 0 unspecified atom stereocenters. The van der Waals surface area contributed by atoms with E-state index in [4.69, 9.17) is 0 Å². The monoisotopic (exact) mass is 263 g/mol. The van der Waals surface area contributed by atoms with Crippen LogP contribution in [0.15, 0.2) is 29.4 Å². The summed E-state index contributed by atoms with van der Waals surface area (Å²) in [7, 11) is 0. The van der Waals surface area contributed by atoms with Crippen molar-refractivity contribution in [1.82, 2.24) is 10.7 Å². The van der Waals surface area contributed by atoms with Gasteiger partial charge in [-0.25, -0.2) is 9.82 Å². The molecule has 0 saturated carbocycles. The smallest absolute Gasteiger partial charge is 0.252 e. The second-order valence-electron chi connectivity index (χ2n) is 4.27. The van der Waals surface area contributed by atoms with Crippen molar-refractivity contribution in [2.75, 3.05) is 6.54 Å². The number of amides is 2. The van der Waals surface area contributed by atoms with Gasteiger partial charge in [-0.1, -0.05) is 12.1 Å². The summed E-state index contributed by atoms with van der Waals surface area (Å²) in [5.74, 6) is -1.70. The average Bonchev–Trinajstić information content (AvgIpc) is 2.41. The molecule has 0 aromatic heterocycles. The van der Waals surface area contributed by atoms with Crippen molar-refractivity contribution in [3.63, 3.8) is 0 Å². The molecule has 2 amide bonds. The first-order chi connectivity index (χ1) is 9.16. The number of nitrogens with zero attached hydrogens (tertiary/aromatic N) is 1. The summed E-state index contributed by atoms with van der Waals surface area (Å²) in [4.78, 5) is 23.1. The summed E-state index contributed by atoms with van der Waals surface area (Å²) in [6.45, 7) is 0.613. The van der Waals surface area contributed by atoms with Crippen molar-refractivity contribution in [3.05, 3.63) is 35.6 Å². The van der Waals surface area contributed by atoms with E-state index in [9.17, 15) is 14.0 Å². The van der Waals surface area contributed by atoms with Gasteiger partial charge in [0.25, 0.3) is 5.91 Å². The molecule has 5 nitrogen and oxygen atoms in total. The topological polar surface area (TPSA) is 70.6 Å². The minimum absolute atomic E-state index is 0.263. The summed E-state index contributed by atoms with van der Waals surface area (Å²) in [6.07, 6.45) is 2.72. The van der Waals surface area contributed by atoms with E-state index in [1.165, 1.54) is 30.5 Å². The molecule has 1 saturated heterocycles. The van der Waals surface area contributed by atoms with Crippen LogP contribution in [0.4, 0.5) is 4.39 Å². The second-order valence-corrected chi connectivity index (χ2v) is 4.27. The fourth-order valence-corrected chi connectivity index (χ4v) is 1.82. The quantitative estimate of drug-likeness (QED) is 0.481. The zero-order valence-electron chi connectivity index (χ0n) is 10.2. The fraction of sp³-hybridized carbons (Fsp3) is 0.308. The highest BCUT2D eigenvalue weighted by molar-refractivity contribution is 6.00. The van der Waals surface area contributed by atoms with E-state index in [-0.39, 0.29) is 11.7 Å². The van der Waals surface area contributed by atoms with Crippen LogP contribution >= 0.6 is 0 Å². The van der Waals surface area contributed by atoms with Gasteiger partial charge in [-0.2, -0.15) is 5.10 Å². The van der Waals surface area contributed by atoms with Gasteiger partial charge in [-0.15, -0.1) is 0 Å². The van der Waals surface area contributed by atoms with Crippen molar-refractivity contribution >= 4 is 18.0 Å². The molecule has 1 aliphatic rings. The van der Waals surface area contributed by atoms with Gasteiger partial charge in [-0.05, 0) is 30.5 Å². The maximum Gasteiger partial charge on any atom is 0.252 e. The molecule has 1 heterocycles. The van der Waals surface area contributed by atoms with E-state index in [0.717, 1.165) is 6.42 Å². The number of halogens is 1. The molecule has 1 fully saturated rings. The third-order valence-corrected chi connectivity index (χ3v) is 2.86. The highest BCUT2D eigenvalue weighted by Gasteiger charge is 2.28. The molecule has 1 atom stereocenters. The van der Waals surface area contributed by atoms with E-state index >= 15 is 0 Å². The van der Waals surface area contributed by atoms with Crippen LogP contribution in [0.1, 0.15) is 18.4 Å². The van der Waals surface area contributed by atoms with Gasteiger partial charge >= 0.3 is 0 Å². The molecule has 1 aliphatic heterocycles. The average molecular weight is 263 g/mol. The summed E-state index contributed by atoms with van der Waals surface area (Å²) in [5.41, 5.74) is 2.98. The summed E-state index contributed by atoms with van der Waals surface area (Å²) >= 11 is 0. The van der Waals surface area contributed by atoms with Crippen LogP contribution in [0.5, 0.6) is 0 Å². The molecule has 2 N–H and O–H groups in total. The van der Waals surface area contributed by atoms with Crippen LogP contribution in [0, 0.1) is 11.7 Å². The van der Waals surface area contributed by atoms with E-state index in [2.05, 4.69) is 15.8 Å². The van der Waals surface area contributed by atoms with Crippen LogP contribution in [0.3, 0.4) is 0 Å². The van der Waals surface area contributed by atoms with Crippen molar-refractivity contribution in [2.24, 2.45) is 11.0 Å². The van der Waals surface area contributed by atoms with Gasteiger partial charge in [0.2, 0.25) is 5.91 Å². The Balaban J connectivity index is 1.89. The van der Waals surface area contributed by atoms with Gasteiger partial charge in [-0.3, -0.25) is 9.59 Å². The summed E-state index contributed by atoms with van der Waals surface area (Å²) in [5, 5.41) is 6.39. The molecular weight excluding hydrogens is 249 g/mol. The Morgan fingerprint density at radius 1 is 1.42 bits per heavy atom. The van der Waals surface area contributed by atoms with E-state index in [1.807, 2.05) is 0 Å². The van der Waals surface area contributed by atoms with Crippen molar-refractivity contribution in [2.45, 2.75) is 12.8 Å². The number of hydrogen-bond acceptors (Lipinski definition) is 3. The Labute approximate surface area is 109 Å². The normalized spacial score (nSPS) is 19.2. The molecule has 100 valence electrons. The maximum absolute atomic E-state index is 12.7. The first-order valence-corrected chi connectivity index (χ1v) is 6.03. The standard InChI is InChI=1S/C13H14FN3O2/c14-10-5-3-9(4-6-10)8-16-17-13(19)11-2-1-7-15-12(11)18/h3-6,8,11H,1-2,7H2,(H,15,18)(H,17,19)/b16-8-/t11-/m0/s1. The number of rotatable bonds is 3. The molecule has 1 aromatic rings. The van der Waals surface area contributed by atoms with Gasteiger partial charge in [0.05, 0.1) is 6.21 Å². The number of nitrogens with one attached hydrogen (secondary N) is 2. The van der Waals surface area contributed by atoms with Gasteiger partial charge in [0.15, 0.2) is 0 Å². The molecule has 0 radical (unpaired) electrons. The number of benzene rings is 1. The number of carbonyl (C=O) groups excluding carboxylic acids is 2. The highest BCUT2D eigenvalue weighted by atomic mass is 19.1. The Bertz CT molecular complexity index is 499. The molecule has 19 heavy (non-hydrogen) atoms. The van der Waals surface area contributed by atoms with Crippen LogP contribution < -0.4 is 10.7 Å². The lowest BCUT2D eigenvalue weighted by Crippen LogP contribution is -2.43. The largest absolute Gasteiger partial charge is 0.355 e. The van der Waals surface area contributed by atoms with Gasteiger partial charge in [0.1, 0.15) is 11.7 Å². The third-order valence-electron chi connectivity index (χ3n) is 2.86. The number of carbonyl (C=O) groups is 2. The van der Waals surface area contributed by atoms with Crippen LogP contribution in [-0.2, 0) is 9.59 Å². The lowest BCUT2D eigenvalue weighted by Gasteiger charge is -2.19. The lowest BCUT2D eigenvalue weighted by atomic mass is 9.98. The predicted molar refractivity (Wildman–Crippen MR) is 67.9 cm³/mol. The maximum atomic E-state index is 12.7. The first kappa shape index (κ1) is 13.2. The molecule has 0 aliphatic carbocycles. The summed E-state index contributed by atoms with van der Waals surface area (Å²) in [6, 6.07) is 5.69. The fourth-order valence-electron chi connectivity index (χ4n) is 1.82. The third kappa shape index (κ3) is 3.61. The number of piperidine rings is 1. The van der Waals surface area contributed by atoms with E-state index in [1.54, 1.807) is 0 Å². The minimum atomic E-state index is -0.681. The van der Waals surface area contributed by atoms with E-state index < -0.39 is 11.8 Å². The van der Waals surface area contributed by atoms with Crippen LogP contribution in [-0.4, -0.2) is 24.6 Å². The molecule has 1 aromatic carbocycles. The summed E-state index contributed by atoms with van der Waals surface area (Å²) < 4.78 is 12.7. The zero-order chi connectivity index (χ0) is 13.7. The Hall–Kier alpha value is -2.24. The van der Waals surface area contributed by atoms with Crippen LogP contribution in [0.25, 0.3) is 0 Å². The van der Waals surface area contributed by atoms with Crippen molar-refractivity contribution in [1.29, 1.82) is 0 Å². The Morgan fingerprint density at radius 3 is 2.84 bits per heavy atom. The van der Waals surface area contributed by atoms with Crippen molar-refractivity contribution in [3.8, 4) is 0 Å². The lowest BCUT2D eigenvalue weighted by molar-refractivity contribution is -0.136. The molecule has 0 bridgehead atoms. The van der Waals surface area contributed by atoms with Crippen molar-refractivity contribution < 1.29 is 14.0 Å². The Kier molecular flexibility index (Phi) is 4.22. The van der Waals surface area contributed by atoms with Gasteiger partial charge < -0.3 is 5.32 Å². The second kappa shape index (κ2) is 6.08.